The van der Waals surface area contributed by atoms with Crippen molar-refractivity contribution in [1.29, 1.82) is 0 Å². The Labute approximate surface area is 170 Å². The Bertz CT molecular complexity index is 885. The molecule has 4 rings (SSSR count). The highest BCUT2D eigenvalue weighted by molar-refractivity contribution is 5.97. The van der Waals surface area contributed by atoms with Crippen molar-refractivity contribution in [2.45, 2.75) is 57.7 Å². The number of hydrogen-bond acceptors (Lipinski definition) is 5. The minimum absolute atomic E-state index is 0.0238. The molecule has 2 bridgehead atoms. The highest BCUT2D eigenvalue weighted by Crippen LogP contribution is 2.38. The molecule has 29 heavy (non-hydrogen) atoms. The van der Waals surface area contributed by atoms with Crippen molar-refractivity contribution in [3.05, 3.63) is 53.6 Å². The van der Waals surface area contributed by atoms with Crippen LogP contribution in [-0.4, -0.2) is 51.4 Å². The van der Waals surface area contributed by atoms with Gasteiger partial charge >= 0.3 is 0 Å². The van der Waals surface area contributed by atoms with Crippen LogP contribution in [0.1, 0.15) is 59.1 Å². The molecule has 2 saturated heterocycles. The Hall–Kier alpha value is -2.96. The van der Waals surface area contributed by atoms with Crippen LogP contribution in [0.2, 0.25) is 0 Å². The first-order chi connectivity index (χ1) is 14.1. The van der Waals surface area contributed by atoms with Crippen LogP contribution in [0.3, 0.4) is 0 Å². The van der Waals surface area contributed by atoms with Gasteiger partial charge in [0.15, 0.2) is 0 Å². The summed E-state index contributed by atoms with van der Waals surface area (Å²) >= 11 is 0. The maximum absolute atomic E-state index is 13.3. The van der Waals surface area contributed by atoms with Crippen molar-refractivity contribution in [2.24, 2.45) is 0 Å². The van der Waals surface area contributed by atoms with E-state index in [1.807, 2.05) is 43.0 Å². The molecule has 1 N–H and O–H groups in total. The molecule has 1 aromatic heterocycles. The first-order valence-electron chi connectivity index (χ1n) is 10.2. The number of amides is 2. The first kappa shape index (κ1) is 19.4. The van der Waals surface area contributed by atoms with E-state index in [4.69, 9.17) is 4.74 Å². The summed E-state index contributed by atoms with van der Waals surface area (Å²) in [5.74, 6) is 0.451. The third-order valence-electron chi connectivity index (χ3n) is 5.73. The zero-order valence-corrected chi connectivity index (χ0v) is 16.8. The Balaban J connectivity index is 1.45. The van der Waals surface area contributed by atoms with E-state index in [-0.39, 0.29) is 29.9 Å². The van der Waals surface area contributed by atoms with Gasteiger partial charge < -0.3 is 15.0 Å². The van der Waals surface area contributed by atoms with Gasteiger partial charge in [0.25, 0.3) is 11.8 Å². The number of nitrogens with zero attached hydrogens (tertiary/aromatic N) is 3. The van der Waals surface area contributed by atoms with Gasteiger partial charge in [-0.2, -0.15) is 0 Å². The summed E-state index contributed by atoms with van der Waals surface area (Å²) in [6.45, 7) is 4.27. The van der Waals surface area contributed by atoms with Crippen LogP contribution in [0.5, 0.6) is 5.75 Å². The van der Waals surface area contributed by atoms with Crippen molar-refractivity contribution in [3.8, 4) is 5.75 Å². The Morgan fingerprint density at radius 3 is 2.52 bits per heavy atom. The highest BCUT2D eigenvalue weighted by Gasteiger charge is 2.44. The van der Waals surface area contributed by atoms with E-state index in [0.717, 1.165) is 31.4 Å². The predicted octanol–water partition coefficient (Wildman–Crippen LogP) is 2.75. The Kier molecular flexibility index (Phi) is 5.47. The fourth-order valence-corrected chi connectivity index (χ4v) is 4.46. The molecular weight excluding hydrogens is 368 g/mol. The number of rotatable bonds is 5. The van der Waals surface area contributed by atoms with E-state index in [2.05, 4.69) is 15.3 Å². The molecule has 7 heteroatoms. The maximum Gasteiger partial charge on any atom is 0.271 e. The summed E-state index contributed by atoms with van der Waals surface area (Å²) in [6, 6.07) is 7.72. The largest absolute Gasteiger partial charge is 0.493 e. The summed E-state index contributed by atoms with van der Waals surface area (Å²) in [5.41, 5.74) is 1.72. The molecule has 2 amide bonds. The Morgan fingerprint density at radius 2 is 1.86 bits per heavy atom. The highest BCUT2D eigenvalue weighted by atomic mass is 16.5. The van der Waals surface area contributed by atoms with Crippen LogP contribution in [-0.2, 0) is 0 Å². The zero-order chi connectivity index (χ0) is 20.4. The minimum atomic E-state index is -0.205. The third kappa shape index (κ3) is 3.95. The molecule has 0 aliphatic carbocycles. The number of para-hydroxylation sites is 1. The number of fused-ring (bicyclic) bond motifs is 2. The van der Waals surface area contributed by atoms with Crippen LogP contribution in [0.15, 0.2) is 36.7 Å². The first-order valence-corrected chi connectivity index (χ1v) is 10.2. The molecule has 3 heterocycles. The van der Waals surface area contributed by atoms with Crippen LogP contribution in [0.25, 0.3) is 0 Å². The molecule has 0 spiro atoms. The quantitative estimate of drug-likeness (QED) is 0.843. The monoisotopic (exact) mass is 394 g/mol. The van der Waals surface area contributed by atoms with Gasteiger partial charge in [0, 0.05) is 24.3 Å². The van der Waals surface area contributed by atoms with Crippen molar-refractivity contribution >= 4 is 11.8 Å². The molecule has 152 valence electrons. The summed E-state index contributed by atoms with van der Waals surface area (Å²) in [5, 5.41) is 3.08. The number of benzene rings is 1. The molecule has 2 aliphatic rings. The fraction of sp³-hybridized carbons (Fsp3) is 0.455. The number of carbonyl (C=O) groups is 2. The van der Waals surface area contributed by atoms with Crippen molar-refractivity contribution in [3.63, 3.8) is 0 Å². The second-order valence-corrected chi connectivity index (χ2v) is 7.71. The number of aromatic nitrogens is 2. The van der Waals surface area contributed by atoms with E-state index in [9.17, 15) is 9.59 Å². The predicted molar refractivity (Wildman–Crippen MR) is 108 cm³/mol. The maximum atomic E-state index is 13.3. The number of hydrogen-bond donors (Lipinski definition) is 1. The molecule has 2 aromatic rings. The van der Waals surface area contributed by atoms with E-state index in [0.29, 0.717) is 23.6 Å². The zero-order valence-electron chi connectivity index (χ0n) is 16.8. The Morgan fingerprint density at radius 1 is 1.14 bits per heavy atom. The lowest BCUT2D eigenvalue weighted by molar-refractivity contribution is 0.0545. The molecule has 7 nitrogen and oxygen atoms in total. The number of nitrogens with one attached hydrogen (secondary N) is 1. The molecule has 1 aromatic carbocycles. The number of ether oxygens (including phenoxy) is 1. The van der Waals surface area contributed by atoms with Crippen molar-refractivity contribution in [1.82, 2.24) is 20.2 Å². The molecular formula is C22H26N4O3. The van der Waals surface area contributed by atoms with Gasteiger partial charge in [0.1, 0.15) is 11.4 Å². The van der Waals surface area contributed by atoms with E-state index >= 15 is 0 Å². The second-order valence-electron chi connectivity index (χ2n) is 7.71. The van der Waals surface area contributed by atoms with Crippen LogP contribution >= 0.6 is 0 Å². The van der Waals surface area contributed by atoms with Gasteiger partial charge in [-0.25, -0.2) is 4.98 Å². The van der Waals surface area contributed by atoms with E-state index in [1.54, 1.807) is 6.20 Å². The molecule has 1 unspecified atom stereocenters. The molecule has 0 saturated carbocycles. The number of carbonyl (C=O) groups excluding carboxylic acids is 2. The van der Waals surface area contributed by atoms with Gasteiger partial charge in [-0.15, -0.1) is 0 Å². The smallest absolute Gasteiger partial charge is 0.271 e. The number of aryl methyl sites for hydroxylation is 1. The second kappa shape index (κ2) is 8.19. The van der Waals surface area contributed by atoms with Crippen LogP contribution in [0.4, 0.5) is 0 Å². The van der Waals surface area contributed by atoms with Gasteiger partial charge in [0.05, 0.1) is 24.1 Å². The van der Waals surface area contributed by atoms with Crippen LogP contribution in [0, 0.1) is 6.92 Å². The number of piperidine rings is 1. The molecule has 0 radical (unpaired) electrons. The third-order valence-corrected chi connectivity index (χ3v) is 5.73. The average molecular weight is 394 g/mol. The van der Waals surface area contributed by atoms with Crippen molar-refractivity contribution < 1.29 is 14.3 Å². The normalized spacial score (nSPS) is 23.0. The minimum Gasteiger partial charge on any atom is -0.493 e. The lowest BCUT2D eigenvalue weighted by Crippen LogP contribution is -2.52. The van der Waals surface area contributed by atoms with Gasteiger partial charge in [-0.05, 0) is 51.7 Å². The molecule has 3 atom stereocenters. The topological polar surface area (TPSA) is 84.4 Å². The van der Waals surface area contributed by atoms with E-state index in [1.165, 1.54) is 6.20 Å². The summed E-state index contributed by atoms with van der Waals surface area (Å²) in [6.07, 6.45) is 6.53. The van der Waals surface area contributed by atoms with Gasteiger partial charge in [-0.1, -0.05) is 12.1 Å². The van der Waals surface area contributed by atoms with Crippen molar-refractivity contribution in [2.75, 3.05) is 6.61 Å². The summed E-state index contributed by atoms with van der Waals surface area (Å²) in [7, 11) is 0. The SMILES string of the molecule is CCOc1ccccc1C(=O)N1[C@@H]2CC[C@H]1CC(NC(=O)c1cnc(C)cn1)C2. The lowest BCUT2D eigenvalue weighted by Gasteiger charge is -2.39. The van der Waals surface area contributed by atoms with Crippen LogP contribution < -0.4 is 10.1 Å². The summed E-state index contributed by atoms with van der Waals surface area (Å²) < 4.78 is 5.65. The summed E-state index contributed by atoms with van der Waals surface area (Å²) in [4.78, 5) is 36.1. The molecule has 2 aliphatic heterocycles. The standard InChI is InChI=1S/C22H26N4O3/c1-3-29-20-7-5-4-6-18(20)22(28)26-16-8-9-17(26)11-15(10-16)25-21(27)19-13-23-14(2)12-24-19/h4-7,12-13,15-17H,3,8-11H2,1-2H3,(H,25,27)/t15?,16-,17+. The van der Waals surface area contributed by atoms with E-state index < -0.39 is 0 Å². The lowest BCUT2D eigenvalue weighted by atomic mass is 9.96. The van der Waals surface area contributed by atoms with Gasteiger partial charge in [0.2, 0.25) is 0 Å². The average Bonchev–Trinajstić information content (AvgIpc) is 2.99. The molecule has 2 fully saturated rings. The van der Waals surface area contributed by atoms with Gasteiger partial charge in [-0.3, -0.25) is 14.6 Å². The fourth-order valence-electron chi connectivity index (χ4n) is 4.46.